The number of benzene rings is 1. The van der Waals surface area contributed by atoms with Gasteiger partial charge in [-0.2, -0.15) is 0 Å². The first-order chi connectivity index (χ1) is 24.7. The number of nitrogens with one attached hydrogen (secondary N) is 2. The first-order valence-electron chi connectivity index (χ1n) is 19.1. The predicted molar refractivity (Wildman–Crippen MR) is 199 cm³/mol. The number of aromatic amines is 1. The molecule has 51 heavy (non-hydrogen) atoms. The number of nitrogens with two attached hydrogens (primary N) is 1. The van der Waals surface area contributed by atoms with Crippen LogP contribution in [-0.2, 0) is 5.41 Å². The van der Waals surface area contributed by atoms with Gasteiger partial charge in [-0.15, -0.1) is 0 Å². The van der Waals surface area contributed by atoms with Crippen molar-refractivity contribution < 1.29 is 30.3 Å². The van der Waals surface area contributed by atoms with Gasteiger partial charge in [-0.1, -0.05) is 68.7 Å². The molecule has 6 rings (SSSR count). The van der Waals surface area contributed by atoms with E-state index in [4.69, 9.17) is 10.5 Å². The molecule has 2 heterocycles. The summed E-state index contributed by atoms with van der Waals surface area (Å²) in [4.78, 5) is 3.48. The van der Waals surface area contributed by atoms with E-state index in [1.165, 1.54) is 0 Å². The quantitative estimate of drug-likeness (QED) is 0.116. The van der Waals surface area contributed by atoms with Crippen LogP contribution in [0, 0.1) is 35.5 Å². The number of hydrogen-bond acceptors (Lipinski definition) is 8. The van der Waals surface area contributed by atoms with Gasteiger partial charge in [-0.05, 0) is 92.3 Å². The van der Waals surface area contributed by atoms with Crippen LogP contribution in [0.25, 0.3) is 0 Å². The van der Waals surface area contributed by atoms with Crippen LogP contribution >= 0.6 is 0 Å². The summed E-state index contributed by atoms with van der Waals surface area (Å²) in [5.74, 6) is 6.93. The second-order valence-electron chi connectivity index (χ2n) is 15.2. The predicted octanol–water partition coefficient (Wildman–Crippen LogP) is 5.27. The Morgan fingerprint density at radius 3 is 2.57 bits per heavy atom. The smallest absolute Gasteiger partial charge is 0.161 e. The van der Waals surface area contributed by atoms with Crippen LogP contribution in [0.1, 0.15) is 94.7 Å². The molecule has 0 saturated heterocycles. The maximum Gasteiger partial charge on any atom is 0.161 e. The van der Waals surface area contributed by atoms with Gasteiger partial charge in [0.05, 0.1) is 24.6 Å². The van der Waals surface area contributed by atoms with Gasteiger partial charge in [0.15, 0.2) is 11.5 Å². The van der Waals surface area contributed by atoms with Crippen LogP contribution in [0.5, 0.6) is 11.5 Å². The topological polar surface area (TPSA) is 164 Å². The largest absolute Gasteiger partial charge is 0.504 e. The number of dihydropyridines is 1. The van der Waals surface area contributed by atoms with Crippen molar-refractivity contribution >= 4 is 0 Å². The number of aromatic nitrogens is 1. The zero-order valence-corrected chi connectivity index (χ0v) is 29.9. The Kier molecular flexibility index (Phi) is 12.2. The molecule has 0 spiro atoms. The van der Waals surface area contributed by atoms with Gasteiger partial charge in [0, 0.05) is 47.5 Å². The molecular weight excluding hydrogens is 642 g/mol. The number of fused-ring (bicyclic) bond motifs is 1. The normalized spacial score (nSPS) is 29.5. The number of hydrogen-bond donors (Lipinski definition) is 8. The Labute approximate surface area is 302 Å². The fourth-order valence-corrected chi connectivity index (χ4v) is 9.14. The van der Waals surface area contributed by atoms with Gasteiger partial charge in [-0.3, -0.25) is 0 Å². The summed E-state index contributed by atoms with van der Waals surface area (Å²) in [6, 6.07) is 9.34. The lowest BCUT2D eigenvalue weighted by Gasteiger charge is -2.41. The van der Waals surface area contributed by atoms with Crippen LogP contribution in [0.15, 0.2) is 72.2 Å². The van der Waals surface area contributed by atoms with Crippen molar-refractivity contribution in [3.05, 3.63) is 83.5 Å². The minimum absolute atomic E-state index is 0.0743. The number of aliphatic hydroxyl groups excluding tert-OH is 4. The van der Waals surface area contributed by atoms with Gasteiger partial charge in [0.1, 0.15) is 12.2 Å². The third-order valence-electron chi connectivity index (χ3n) is 12.0. The van der Waals surface area contributed by atoms with Crippen molar-refractivity contribution in [3.8, 4) is 23.3 Å². The van der Waals surface area contributed by atoms with Crippen LogP contribution in [0.2, 0.25) is 0 Å². The zero-order valence-electron chi connectivity index (χ0n) is 29.9. The summed E-state index contributed by atoms with van der Waals surface area (Å²) in [5, 5.41) is 58.6. The maximum absolute atomic E-state index is 11.6. The molecule has 1 aromatic heterocycles. The lowest BCUT2D eigenvalue weighted by atomic mass is 9.65. The molecule has 1 saturated carbocycles. The van der Waals surface area contributed by atoms with Crippen LogP contribution < -0.4 is 15.8 Å². The molecule has 3 aliphatic carbocycles. The summed E-state index contributed by atoms with van der Waals surface area (Å²) in [6.07, 6.45) is 16.1. The molecule has 9 heteroatoms. The van der Waals surface area contributed by atoms with E-state index in [-0.39, 0.29) is 34.7 Å². The molecule has 2 aromatic rings. The van der Waals surface area contributed by atoms with Crippen molar-refractivity contribution in [3.63, 3.8) is 0 Å². The first-order valence-corrected chi connectivity index (χ1v) is 19.1. The highest BCUT2D eigenvalue weighted by Gasteiger charge is 2.47. The average Bonchev–Trinajstić information content (AvgIpc) is 3.83. The number of phenolic OH excluding ortho intramolecular Hbond substituents is 1. The van der Waals surface area contributed by atoms with Crippen molar-refractivity contribution in [1.82, 2.24) is 10.3 Å². The monoisotopic (exact) mass is 699 g/mol. The molecule has 1 aliphatic heterocycles. The van der Waals surface area contributed by atoms with E-state index < -0.39 is 36.9 Å². The molecule has 9 N–H and O–H groups in total. The molecule has 9 atom stereocenters. The number of ether oxygens (including phenoxy) is 1. The lowest BCUT2D eigenvalue weighted by molar-refractivity contribution is -0.0154. The molecule has 0 bridgehead atoms. The molecule has 9 unspecified atom stereocenters. The molecule has 0 amide bonds. The standard InChI is InChI=1S/C42H57N3O6/c1-2-27-8-3-4-9-34(48)41-28(12-11-27)13-14-29(22-35(41)49)30-15-16-33(47)37(23-30)51-38(36(50)26-46)25-32(31-17-21-45-40(43)24-31)42(18-5-6-19-42)39-10-7-20-44-39/h7,10,13-17,20,23-24,27-29,32,34-36,38,41,44-50H,2-6,8-9,18-19,21-22,25-26,43H2,1H3. The minimum atomic E-state index is -1.21. The minimum Gasteiger partial charge on any atom is -0.504 e. The van der Waals surface area contributed by atoms with Crippen LogP contribution in [0.3, 0.4) is 0 Å². The second kappa shape index (κ2) is 16.8. The number of aliphatic hydroxyl groups is 4. The van der Waals surface area contributed by atoms with Crippen molar-refractivity contribution in [2.45, 2.75) is 113 Å². The summed E-state index contributed by atoms with van der Waals surface area (Å²) in [6.45, 7) is 2.25. The Bertz CT molecular complexity index is 1600. The number of H-pyrrole nitrogens is 1. The van der Waals surface area contributed by atoms with Gasteiger partial charge in [0.25, 0.3) is 0 Å². The summed E-state index contributed by atoms with van der Waals surface area (Å²) < 4.78 is 6.54. The number of rotatable bonds is 11. The van der Waals surface area contributed by atoms with E-state index >= 15 is 0 Å². The Balaban J connectivity index is 1.30. The van der Waals surface area contributed by atoms with Crippen LogP contribution in [-0.4, -0.2) is 68.1 Å². The van der Waals surface area contributed by atoms with E-state index in [1.807, 2.05) is 30.5 Å². The highest BCUT2D eigenvalue weighted by molar-refractivity contribution is 5.45. The number of aromatic hydroxyl groups is 1. The SMILES string of the molecule is CCC1C#CC2C=CC(c3ccc(O)c(OC(CC(C4=CCNC(N)=C4)C4(c5ccc[nH]5)CCCC4)C(O)CO)c3)CC(O)C2C(O)CCCC1. The highest BCUT2D eigenvalue weighted by atomic mass is 16.5. The summed E-state index contributed by atoms with van der Waals surface area (Å²) >= 11 is 0. The van der Waals surface area contributed by atoms with E-state index in [9.17, 15) is 25.5 Å². The van der Waals surface area contributed by atoms with Gasteiger partial charge in [-0.25, -0.2) is 0 Å². The van der Waals surface area contributed by atoms with Crippen molar-refractivity contribution in [2.24, 2.45) is 29.4 Å². The molecule has 1 fully saturated rings. The Hall–Kier alpha value is -3.68. The fourth-order valence-electron chi connectivity index (χ4n) is 9.14. The van der Waals surface area contributed by atoms with E-state index in [1.54, 1.807) is 12.1 Å². The van der Waals surface area contributed by atoms with E-state index in [0.717, 1.165) is 68.2 Å². The average molecular weight is 700 g/mol. The molecule has 0 radical (unpaired) electrons. The molecular formula is C42H57N3O6. The third-order valence-corrected chi connectivity index (χ3v) is 12.0. The van der Waals surface area contributed by atoms with Crippen LogP contribution in [0.4, 0.5) is 0 Å². The maximum atomic E-state index is 11.6. The summed E-state index contributed by atoms with van der Waals surface area (Å²) in [7, 11) is 0. The number of phenols is 1. The van der Waals surface area contributed by atoms with Gasteiger partial charge < -0.3 is 46.3 Å². The Morgan fingerprint density at radius 1 is 1.04 bits per heavy atom. The lowest BCUT2D eigenvalue weighted by Crippen LogP contribution is -2.43. The zero-order chi connectivity index (χ0) is 36.0. The number of allylic oxidation sites excluding steroid dienone is 4. The van der Waals surface area contributed by atoms with Crippen molar-refractivity contribution in [1.29, 1.82) is 0 Å². The highest BCUT2D eigenvalue weighted by Crippen LogP contribution is 2.51. The molecule has 1 aromatic carbocycles. The molecule has 9 nitrogen and oxygen atoms in total. The third kappa shape index (κ3) is 8.36. The fraction of sp³-hybridized carbons (Fsp3) is 0.571. The Morgan fingerprint density at radius 2 is 1.84 bits per heavy atom. The van der Waals surface area contributed by atoms with Gasteiger partial charge in [0.2, 0.25) is 0 Å². The van der Waals surface area contributed by atoms with E-state index in [0.29, 0.717) is 37.5 Å². The van der Waals surface area contributed by atoms with Crippen molar-refractivity contribution in [2.75, 3.05) is 13.2 Å². The van der Waals surface area contributed by atoms with Gasteiger partial charge >= 0.3 is 0 Å². The van der Waals surface area contributed by atoms with E-state index in [2.05, 4.69) is 47.3 Å². The summed E-state index contributed by atoms with van der Waals surface area (Å²) in [5.41, 5.74) is 9.07. The molecule has 4 aliphatic rings. The second-order valence-corrected chi connectivity index (χ2v) is 15.2. The molecule has 276 valence electrons. The first kappa shape index (κ1) is 37.1.